The Hall–Kier alpha value is -4.32. The van der Waals surface area contributed by atoms with Gasteiger partial charge in [0.25, 0.3) is 0 Å². The van der Waals surface area contributed by atoms with Crippen molar-refractivity contribution in [1.29, 1.82) is 0 Å². The van der Waals surface area contributed by atoms with Crippen LogP contribution in [0, 0.1) is 6.92 Å². The van der Waals surface area contributed by atoms with Gasteiger partial charge in [0.2, 0.25) is 10.0 Å². The number of fused-ring (bicyclic) bond motifs is 3. The quantitative estimate of drug-likeness (QED) is 0.278. The fourth-order valence-electron chi connectivity index (χ4n) is 5.51. The van der Waals surface area contributed by atoms with Gasteiger partial charge in [0.15, 0.2) is 17.3 Å². The van der Waals surface area contributed by atoms with Crippen molar-refractivity contribution < 1.29 is 42.5 Å². The summed E-state index contributed by atoms with van der Waals surface area (Å²) >= 11 is 0. The number of hydrogen-bond donors (Lipinski definition) is 3. The summed E-state index contributed by atoms with van der Waals surface area (Å²) in [5, 5.41) is 24.5. The van der Waals surface area contributed by atoms with E-state index in [9.17, 15) is 33.0 Å². The molecule has 1 saturated heterocycles. The van der Waals surface area contributed by atoms with E-state index in [1.807, 2.05) is 0 Å². The van der Waals surface area contributed by atoms with Crippen LogP contribution in [0.5, 0.6) is 23.0 Å². The minimum atomic E-state index is -3.44. The molecule has 0 amide bonds. The van der Waals surface area contributed by atoms with Crippen LogP contribution in [0.3, 0.4) is 0 Å². The third-order valence-corrected chi connectivity index (χ3v) is 9.49. The number of nitrogens with zero attached hydrogens (tertiary/aromatic N) is 1. The molecule has 3 N–H and O–H groups in total. The summed E-state index contributed by atoms with van der Waals surface area (Å²) in [7, 11) is -2.03. The molecule has 0 saturated carbocycles. The molecule has 1 aliphatic carbocycles. The van der Waals surface area contributed by atoms with Crippen LogP contribution in [-0.2, 0) is 25.0 Å². The number of ether oxygens (including phenoxy) is 2. The second-order valence-electron chi connectivity index (χ2n) is 10.1. The number of phenolic OH excluding ortho intramolecular Hbond substituents is 2. The summed E-state index contributed by atoms with van der Waals surface area (Å²) in [4.78, 5) is 39.5. The minimum Gasteiger partial charge on any atom is -0.507 e. The van der Waals surface area contributed by atoms with E-state index >= 15 is 0 Å². The fraction of sp³-hybridized carbons (Fsp3) is 0.321. The van der Waals surface area contributed by atoms with Gasteiger partial charge in [0.05, 0.1) is 29.7 Å². The molecular weight excluding hydrogens is 540 g/mol. The van der Waals surface area contributed by atoms with Gasteiger partial charge in [-0.1, -0.05) is 0 Å². The zero-order chi connectivity index (χ0) is 29.3. The number of sulfonamides is 1. The van der Waals surface area contributed by atoms with Gasteiger partial charge in [0, 0.05) is 35.6 Å². The first kappa shape index (κ1) is 27.3. The number of carbonyl (C=O) groups excluding carboxylic acids is 3. The molecule has 0 radical (unpaired) electrons. The highest BCUT2D eigenvalue weighted by molar-refractivity contribution is 7.93. The number of phenols is 2. The molecule has 2 aromatic rings. The predicted molar refractivity (Wildman–Crippen MR) is 146 cm³/mol. The first-order valence-electron chi connectivity index (χ1n) is 12.5. The SMILES string of the molecule is COc1cc(NC(C)=C2C(=O)C=C3Oc4c(C(C)=O)c(O)c(C)c(O)c4[C@@]3(C)C2=O)ccc1N1CCCS1(=O)=O. The zero-order valence-electron chi connectivity index (χ0n) is 22.5. The Morgan fingerprint density at radius 2 is 1.88 bits per heavy atom. The van der Waals surface area contributed by atoms with Crippen LogP contribution < -0.4 is 19.1 Å². The summed E-state index contributed by atoms with van der Waals surface area (Å²) in [5.74, 6) is -2.60. The largest absolute Gasteiger partial charge is 0.507 e. The molecule has 3 aliphatic rings. The second-order valence-corrected chi connectivity index (χ2v) is 12.2. The minimum absolute atomic E-state index is 0.0000976. The number of rotatable bonds is 5. The van der Waals surface area contributed by atoms with Crippen LogP contribution in [0.1, 0.15) is 48.7 Å². The molecule has 210 valence electrons. The Kier molecular flexibility index (Phi) is 6.21. The van der Waals surface area contributed by atoms with Crippen LogP contribution in [0.4, 0.5) is 11.4 Å². The lowest BCUT2D eigenvalue weighted by Gasteiger charge is -2.29. The van der Waals surface area contributed by atoms with Gasteiger partial charge in [-0.25, -0.2) is 8.42 Å². The molecule has 5 rings (SSSR count). The Labute approximate surface area is 230 Å². The van der Waals surface area contributed by atoms with Gasteiger partial charge in [0.1, 0.15) is 39.7 Å². The van der Waals surface area contributed by atoms with Crippen LogP contribution in [0.25, 0.3) is 0 Å². The Morgan fingerprint density at radius 1 is 1.18 bits per heavy atom. The van der Waals surface area contributed by atoms with Crippen molar-refractivity contribution in [3.8, 4) is 23.0 Å². The zero-order valence-corrected chi connectivity index (χ0v) is 23.4. The first-order valence-corrected chi connectivity index (χ1v) is 14.1. The van der Waals surface area contributed by atoms with Crippen molar-refractivity contribution in [2.45, 2.75) is 39.5 Å². The summed E-state index contributed by atoms with van der Waals surface area (Å²) in [6, 6.07) is 4.77. The number of anilines is 2. The lowest BCUT2D eigenvalue weighted by molar-refractivity contribution is -0.123. The number of allylic oxidation sites excluding steroid dienone is 4. The average molecular weight is 569 g/mol. The van der Waals surface area contributed by atoms with E-state index in [4.69, 9.17) is 9.47 Å². The monoisotopic (exact) mass is 568 g/mol. The van der Waals surface area contributed by atoms with Crippen LogP contribution in [-0.4, -0.2) is 55.4 Å². The van der Waals surface area contributed by atoms with Gasteiger partial charge in [-0.3, -0.25) is 18.7 Å². The predicted octanol–water partition coefficient (Wildman–Crippen LogP) is 3.23. The van der Waals surface area contributed by atoms with E-state index in [0.717, 1.165) is 6.08 Å². The molecule has 2 aromatic carbocycles. The molecule has 0 spiro atoms. The maximum absolute atomic E-state index is 14.0. The summed E-state index contributed by atoms with van der Waals surface area (Å²) in [5.41, 5.74) is -0.987. The van der Waals surface area contributed by atoms with E-state index in [0.29, 0.717) is 30.1 Å². The summed E-state index contributed by atoms with van der Waals surface area (Å²) < 4.78 is 37.3. The normalized spacial score (nSPS) is 22.3. The number of nitrogens with one attached hydrogen (secondary N) is 1. The standard InChI is InChI=1S/C28H28N2O9S/c1-13-24(33)22(15(3)31)26-23(25(13)34)28(4)20(39-26)12-18(32)21(27(28)35)14(2)29-16-7-8-17(19(11-16)38-5)30-9-6-10-40(30,36)37/h7-8,11-12,29,33-34H,6,9-10H2,1-5H3/t28-/m0/s1. The van der Waals surface area contributed by atoms with Gasteiger partial charge in [-0.15, -0.1) is 0 Å². The number of aromatic hydroxyl groups is 2. The number of hydrogen-bond acceptors (Lipinski definition) is 10. The van der Waals surface area contributed by atoms with E-state index < -0.39 is 44.3 Å². The highest BCUT2D eigenvalue weighted by Gasteiger charge is 2.56. The number of methoxy groups -OCH3 is 1. The molecule has 1 fully saturated rings. The van der Waals surface area contributed by atoms with Crippen molar-refractivity contribution in [2.24, 2.45) is 0 Å². The molecule has 12 heteroatoms. The van der Waals surface area contributed by atoms with Crippen molar-refractivity contribution in [3.05, 3.63) is 58.0 Å². The highest BCUT2D eigenvalue weighted by Crippen LogP contribution is 2.57. The number of Topliss-reactive ketones (excluding diaryl/α,β-unsaturated/α-hetero) is 2. The molecule has 0 unspecified atom stereocenters. The van der Waals surface area contributed by atoms with E-state index in [1.165, 1.54) is 39.1 Å². The average Bonchev–Trinajstić information content (AvgIpc) is 3.38. The molecule has 0 aromatic heterocycles. The number of carbonyl (C=O) groups is 3. The van der Waals surface area contributed by atoms with Crippen molar-refractivity contribution >= 4 is 38.7 Å². The van der Waals surface area contributed by atoms with Crippen molar-refractivity contribution in [3.63, 3.8) is 0 Å². The van der Waals surface area contributed by atoms with Crippen LogP contribution in [0.2, 0.25) is 0 Å². The van der Waals surface area contributed by atoms with E-state index in [2.05, 4.69) is 5.32 Å². The van der Waals surface area contributed by atoms with E-state index in [1.54, 1.807) is 18.2 Å². The number of ketones is 3. The van der Waals surface area contributed by atoms with Gasteiger partial charge >= 0.3 is 0 Å². The lowest BCUT2D eigenvalue weighted by atomic mass is 9.70. The van der Waals surface area contributed by atoms with Crippen molar-refractivity contribution in [2.75, 3.05) is 29.0 Å². The fourth-order valence-corrected chi connectivity index (χ4v) is 7.09. The maximum Gasteiger partial charge on any atom is 0.235 e. The Bertz CT molecular complexity index is 1700. The smallest absolute Gasteiger partial charge is 0.235 e. The highest BCUT2D eigenvalue weighted by atomic mass is 32.2. The maximum atomic E-state index is 14.0. The topological polar surface area (TPSA) is 160 Å². The first-order chi connectivity index (χ1) is 18.7. The molecule has 2 aliphatic heterocycles. The van der Waals surface area contributed by atoms with Gasteiger partial charge in [-0.05, 0) is 46.2 Å². The molecule has 11 nitrogen and oxygen atoms in total. The molecule has 0 bridgehead atoms. The summed E-state index contributed by atoms with van der Waals surface area (Å²) in [6.45, 7) is 6.00. The van der Waals surface area contributed by atoms with Crippen molar-refractivity contribution in [1.82, 2.24) is 0 Å². The molecule has 1 atom stereocenters. The lowest BCUT2D eigenvalue weighted by Crippen LogP contribution is -2.40. The molecular formula is C28H28N2O9S. The van der Waals surface area contributed by atoms with Crippen LogP contribution in [0.15, 0.2) is 41.3 Å². The van der Waals surface area contributed by atoms with Crippen LogP contribution >= 0.6 is 0 Å². The van der Waals surface area contributed by atoms with E-state index in [-0.39, 0.29) is 45.2 Å². The summed E-state index contributed by atoms with van der Waals surface area (Å²) in [6.07, 6.45) is 1.64. The third kappa shape index (κ3) is 3.77. The second kappa shape index (κ2) is 9.12. The Morgan fingerprint density at radius 3 is 2.48 bits per heavy atom. The third-order valence-electron chi connectivity index (χ3n) is 7.64. The molecule has 40 heavy (non-hydrogen) atoms. The number of benzene rings is 2. The van der Waals surface area contributed by atoms with Gasteiger partial charge in [-0.2, -0.15) is 0 Å². The Balaban J connectivity index is 1.57. The molecule has 2 heterocycles. The van der Waals surface area contributed by atoms with Gasteiger partial charge < -0.3 is 25.0 Å².